The summed E-state index contributed by atoms with van der Waals surface area (Å²) in [6, 6.07) is 14.0. The molecule has 1 saturated heterocycles. The fourth-order valence-corrected chi connectivity index (χ4v) is 5.13. The maximum absolute atomic E-state index is 10.9. The molecule has 0 aromatic heterocycles. The van der Waals surface area contributed by atoms with Crippen molar-refractivity contribution < 1.29 is 9.53 Å². The summed E-state index contributed by atoms with van der Waals surface area (Å²) in [6.45, 7) is 8.82. The summed E-state index contributed by atoms with van der Waals surface area (Å²) < 4.78 is 5.99. The molecule has 1 aliphatic heterocycles. The van der Waals surface area contributed by atoms with Crippen LogP contribution in [0.3, 0.4) is 0 Å². The van der Waals surface area contributed by atoms with Gasteiger partial charge in [0, 0.05) is 39.3 Å². The van der Waals surface area contributed by atoms with E-state index < -0.39 is 0 Å². The number of carbonyl (C=O) groups is 1. The van der Waals surface area contributed by atoms with Crippen LogP contribution < -0.4 is 20.3 Å². The van der Waals surface area contributed by atoms with Gasteiger partial charge >= 0.3 is 6.03 Å². The number of benzene rings is 2. The summed E-state index contributed by atoms with van der Waals surface area (Å²) in [4.78, 5) is 16.2. The zero-order chi connectivity index (χ0) is 25.2. The summed E-state index contributed by atoms with van der Waals surface area (Å²) in [5, 5.41) is 5.74. The Balaban J connectivity index is 0.000000225. The zero-order valence-electron chi connectivity index (χ0n) is 21.0. The molecule has 2 aliphatic rings. The van der Waals surface area contributed by atoms with Crippen molar-refractivity contribution in [3.63, 3.8) is 0 Å². The van der Waals surface area contributed by atoms with E-state index in [1.165, 1.54) is 57.9 Å². The number of halogens is 2. The van der Waals surface area contributed by atoms with Crippen molar-refractivity contribution >= 4 is 40.6 Å². The number of ether oxygens (including phenoxy) is 1. The first-order valence-electron chi connectivity index (χ1n) is 12.6. The lowest BCUT2D eigenvalue weighted by Crippen LogP contribution is -2.50. The first-order valence-corrected chi connectivity index (χ1v) is 13.3. The van der Waals surface area contributed by atoms with Gasteiger partial charge in [-0.2, -0.15) is 0 Å². The van der Waals surface area contributed by atoms with E-state index in [2.05, 4.69) is 58.5 Å². The maximum atomic E-state index is 10.9. The van der Waals surface area contributed by atoms with Crippen molar-refractivity contribution in [3.05, 3.63) is 52.5 Å². The molecule has 0 spiro atoms. The Morgan fingerprint density at radius 1 is 0.943 bits per heavy atom. The molecule has 2 N–H and O–H groups in total. The Morgan fingerprint density at radius 2 is 1.57 bits per heavy atom. The fourth-order valence-electron chi connectivity index (χ4n) is 4.64. The smallest absolute Gasteiger partial charge is 0.319 e. The van der Waals surface area contributed by atoms with Gasteiger partial charge in [0.15, 0.2) is 0 Å². The van der Waals surface area contributed by atoms with E-state index in [9.17, 15) is 4.79 Å². The van der Waals surface area contributed by atoms with Crippen molar-refractivity contribution in [2.24, 2.45) is 0 Å². The van der Waals surface area contributed by atoms with Gasteiger partial charge in [0.05, 0.1) is 27.5 Å². The lowest BCUT2D eigenvalue weighted by Gasteiger charge is -2.41. The lowest BCUT2D eigenvalue weighted by atomic mass is 9.94. The number of carbonyl (C=O) groups excluding carboxylic acids is 1. The molecule has 2 fully saturated rings. The van der Waals surface area contributed by atoms with Crippen LogP contribution in [0.15, 0.2) is 42.5 Å². The number of nitrogens with zero attached hydrogens (tertiary/aromatic N) is 2. The molecule has 35 heavy (non-hydrogen) atoms. The van der Waals surface area contributed by atoms with Gasteiger partial charge in [0.25, 0.3) is 0 Å². The van der Waals surface area contributed by atoms with Gasteiger partial charge in [0.2, 0.25) is 0 Å². The van der Waals surface area contributed by atoms with E-state index in [0.29, 0.717) is 15.7 Å². The molecule has 0 bridgehead atoms. The van der Waals surface area contributed by atoms with Crippen molar-refractivity contribution in [2.45, 2.75) is 58.1 Å². The van der Waals surface area contributed by atoms with Crippen LogP contribution in [0, 0.1) is 0 Å². The fraction of sp³-hybridized carbons (Fsp3) is 0.519. The number of rotatable bonds is 5. The van der Waals surface area contributed by atoms with Crippen LogP contribution in [0.5, 0.6) is 5.75 Å². The molecule has 1 aliphatic carbocycles. The summed E-state index contributed by atoms with van der Waals surface area (Å²) in [5.41, 5.74) is 1.68. The van der Waals surface area contributed by atoms with Gasteiger partial charge in [0.1, 0.15) is 5.75 Å². The minimum Gasteiger partial charge on any atom is -0.489 e. The molecule has 2 aromatic carbocycles. The third-order valence-electron chi connectivity index (χ3n) is 6.40. The highest BCUT2D eigenvalue weighted by atomic mass is 35.5. The van der Waals surface area contributed by atoms with E-state index in [-0.39, 0.29) is 12.1 Å². The predicted octanol–water partition coefficient (Wildman–Crippen LogP) is 6.67. The Morgan fingerprint density at radius 3 is 2.17 bits per heavy atom. The molecule has 192 valence electrons. The quantitative estimate of drug-likeness (QED) is 0.461. The van der Waals surface area contributed by atoms with Gasteiger partial charge in [-0.05, 0) is 51.0 Å². The number of urea groups is 1. The Kier molecular flexibility index (Phi) is 10.8. The molecule has 0 unspecified atom stereocenters. The Hall–Kier alpha value is -2.15. The normalized spacial score (nSPS) is 16.9. The van der Waals surface area contributed by atoms with Crippen molar-refractivity contribution in [2.75, 3.05) is 43.4 Å². The molecule has 2 amide bonds. The number of nitrogens with one attached hydrogen (secondary N) is 2. The third-order valence-corrected chi connectivity index (χ3v) is 7.03. The van der Waals surface area contributed by atoms with Crippen LogP contribution >= 0.6 is 23.2 Å². The number of piperazine rings is 1. The second-order valence-corrected chi connectivity index (χ2v) is 10.1. The first-order chi connectivity index (χ1) is 16.9. The number of anilines is 2. The standard InChI is InChI=1S/C19H30N2O.C8H8Cl2N2O/c1-16(2)22-19-11-7-6-10-18(19)21-14-12-20(13-15-21)17-8-4-3-5-9-17;1-11-8(13)12-7-5(9)3-2-4-6(7)10/h6-7,10-11,16-17H,3-5,8-9,12-15H2,1-2H3;2-4H,1H3,(H2,11,12,13). The number of hydrogen-bond acceptors (Lipinski definition) is 4. The van der Waals surface area contributed by atoms with Gasteiger partial charge in [-0.3, -0.25) is 4.90 Å². The van der Waals surface area contributed by atoms with E-state index in [0.717, 1.165) is 24.9 Å². The molecule has 1 heterocycles. The minimum absolute atomic E-state index is 0.227. The molecular formula is C27H38Cl2N4O2. The summed E-state index contributed by atoms with van der Waals surface area (Å²) in [5.74, 6) is 1.03. The number of amides is 2. The molecular weight excluding hydrogens is 483 g/mol. The highest BCUT2D eigenvalue weighted by molar-refractivity contribution is 6.39. The van der Waals surface area contributed by atoms with Gasteiger partial charge in [-0.15, -0.1) is 0 Å². The molecule has 8 heteroatoms. The van der Waals surface area contributed by atoms with Crippen LogP contribution in [0.1, 0.15) is 46.0 Å². The molecule has 6 nitrogen and oxygen atoms in total. The molecule has 1 saturated carbocycles. The monoisotopic (exact) mass is 520 g/mol. The Bertz CT molecular complexity index is 922. The molecule has 0 radical (unpaired) electrons. The van der Waals surface area contributed by atoms with Gasteiger partial charge in [-0.25, -0.2) is 4.79 Å². The second-order valence-electron chi connectivity index (χ2n) is 9.25. The summed E-state index contributed by atoms with van der Waals surface area (Å²) in [7, 11) is 1.51. The number of para-hydroxylation sites is 3. The van der Waals surface area contributed by atoms with E-state index in [4.69, 9.17) is 27.9 Å². The Labute approximate surface area is 219 Å². The largest absolute Gasteiger partial charge is 0.489 e. The van der Waals surface area contributed by atoms with Crippen molar-refractivity contribution in [1.29, 1.82) is 0 Å². The second kappa shape index (κ2) is 13.8. The van der Waals surface area contributed by atoms with E-state index in [1.54, 1.807) is 18.2 Å². The van der Waals surface area contributed by atoms with E-state index in [1.807, 2.05) is 0 Å². The van der Waals surface area contributed by atoms with Gasteiger partial charge in [-0.1, -0.05) is 60.7 Å². The average molecular weight is 522 g/mol. The van der Waals surface area contributed by atoms with Crippen LogP contribution in [-0.4, -0.2) is 56.3 Å². The molecule has 4 rings (SSSR count). The maximum Gasteiger partial charge on any atom is 0.319 e. The SMILES string of the molecule is CC(C)Oc1ccccc1N1CCN(C2CCCCC2)CC1.CNC(=O)Nc1c(Cl)cccc1Cl. The van der Waals surface area contributed by atoms with Crippen LogP contribution in [-0.2, 0) is 0 Å². The first kappa shape index (κ1) is 27.4. The third kappa shape index (κ3) is 8.19. The topological polar surface area (TPSA) is 56.8 Å². The zero-order valence-corrected chi connectivity index (χ0v) is 22.5. The van der Waals surface area contributed by atoms with E-state index >= 15 is 0 Å². The minimum atomic E-state index is -0.352. The molecule has 0 atom stereocenters. The summed E-state index contributed by atoms with van der Waals surface area (Å²) >= 11 is 11.6. The molecule has 2 aromatic rings. The van der Waals surface area contributed by atoms with Crippen LogP contribution in [0.25, 0.3) is 0 Å². The summed E-state index contributed by atoms with van der Waals surface area (Å²) in [6.07, 6.45) is 7.34. The highest BCUT2D eigenvalue weighted by Gasteiger charge is 2.26. The predicted molar refractivity (Wildman–Crippen MR) is 147 cm³/mol. The average Bonchev–Trinajstić information content (AvgIpc) is 2.87. The van der Waals surface area contributed by atoms with Crippen molar-refractivity contribution in [3.8, 4) is 5.75 Å². The highest BCUT2D eigenvalue weighted by Crippen LogP contribution is 2.31. The van der Waals surface area contributed by atoms with Crippen LogP contribution in [0.4, 0.5) is 16.2 Å². The lowest BCUT2D eigenvalue weighted by molar-refractivity contribution is 0.147. The van der Waals surface area contributed by atoms with Crippen molar-refractivity contribution in [1.82, 2.24) is 10.2 Å². The van der Waals surface area contributed by atoms with Gasteiger partial charge < -0.3 is 20.3 Å². The van der Waals surface area contributed by atoms with Crippen LogP contribution in [0.2, 0.25) is 10.0 Å². The number of hydrogen-bond donors (Lipinski definition) is 2.